The number of benzene rings is 1. The third-order valence-electron chi connectivity index (χ3n) is 3.96. The van der Waals surface area contributed by atoms with Gasteiger partial charge < -0.3 is 10.1 Å². The first-order valence-electron chi connectivity index (χ1n) is 7.52. The van der Waals surface area contributed by atoms with E-state index in [0.717, 1.165) is 17.0 Å². The van der Waals surface area contributed by atoms with Crippen LogP contribution in [-0.2, 0) is 16.9 Å². The molecule has 1 saturated heterocycles. The average molecular weight is 369 g/mol. The Labute approximate surface area is 145 Å². The minimum absolute atomic E-state index is 0.0822. The summed E-state index contributed by atoms with van der Waals surface area (Å²) < 4.78 is 42.0. The van der Waals surface area contributed by atoms with Gasteiger partial charge >= 0.3 is 12.4 Å². The van der Waals surface area contributed by atoms with Gasteiger partial charge in [-0.2, -0.15) is 5.10 Å². The first kappa shape index (κ1) is 17.7. The van der Waals surface area contributed by atoms with Gasteiger partial charge in [0.2, 0.25) is 0 Å². The van der Waals surface area contributed by atoms with Crippen LogP contribution in [-0.4, -0.2) is 44.5 Å². The number of alkyl halides is 3. The Morgan fingerprint density at radius 3 is 2.46 bits per heavy atom. The number of imide groups is 1. The molecule has 1 unspecified atom stereocenters. The maximum atomic E-state index is 12.7. The second kappa shape index (κ2) is 6.32. The first-order chi connectivity index (χ1) is 12.2. The smallest absolute Gasteiger partial charge is 0.406 e. The number of halogens is 3. The van der Waals surface area contributed by atoms with Crippen LogP contribution in [0.1, 0.15) is 12.5 Å². The lowest BCUT2D eigenvalue weighted by Gasteiger charge is -2.22. The van der Waals surface area contributed by atoms with Crippen molar-refractivity contribution in [3.63, 3.8) is 0 Å². The quantitative estimate of drug-likeness (QED) is 0.810. The van der Waals surface area contributed by atoms with E-state index >= 15 is 0 Å². The first-order valence-corrected chi connectivity index (χ1v) is 7.52. The number of nitrogens with zero attached hydrogens (tertiary/aromatic N) is 4. The molecule has 3 rings (SSSR count). The van der Waals surface area contributed by atoms with Crippen LogP contribution in [0.15, 0.2) is 36.9 Å². The Balaban J connectivity index is 1.74. The Hall–Kier alpha value is -3.11. The highest BCUT2D eigenvalue weighted by molar-refractivity contribution is 6.07. The summed E-state index contributed by atoms with van der Waals surface area (Å²) >= 11 is 0. The SMILES string of the molecule is CC1(c2ccc(OC(F)(F)F)cc2)NC(=O)N(CCn2cncn2)C1=O. The molecule has 2 heterocycles. The molecule has 1 aromatic heterocycles. The van der Waals surface area contributed by atoms with Crippen molar-refractivity contribution in [1.82, 2.24) is 25.0 Å². The highest BCUT2D eigenvalue weighted by Crippen LogP contribution is 2.31. The Morgan fingerprint density at radius 2 is 1.88 bits per heavy atom. The van der Waals surface area contributed by atoms with Gasteiger partial charge in [0.1, 0.15) is 23.9 Å². The van der Waals surface area contributed by atoms with E-state index in [-0.39, 0.29) is 13.1 Å². The zero-order valence-electron chi connectivity index (χ0n) is 13.5. The van der Waals surface area contributed by atoms with Gasteiger partial charge in [-0.25, -0.2) is 9.78 Å². The molecule has 1 aliphatic heterocycles. The number of aromatic nitrogens is 3. The number of ether oxygens (including phenoxy) is 1. The number of hydrogen-bond acceptors (Lipinski definition) is 5. The standard InChI is InChI=1S/C15H14F3N5O3/c1-14(10-2-4-11(5-3-10)26-15(16,17)18)12(24)23(13(25)21-14)7-6-22-9-19-8-20-22/h2-5,8-9H,6-7H2,1H3,(H,21,25). The summed E-state index contributed by atoms with van der Waals surface area (Å²) in [7, 11) is 0. The maximum Gasteiger partial charge on any atom is 0.573 e. The van der Waals surface area contributed by atoms with E-state index in [1.807, 2.05) is 0 Å². The third-order valence-corrected chi connectivity index (χ3v) is 3.96. The zero-order chi connectivity index (χ0) is 18.9. The Kier molecular flexibility index (Phi) is 4.30. The molecular weight excluding hydrogens is 355 g/mol. The van der Waals surface area contributed by atoms with Crippen molar-refractivity contribution in [3.8, 4) is 5.75 Å². The van der Waals surface area contributed by atoms with Crippen LogP contribution in [0.2, 0.25) is 0 Å². The lowest BCUT2D eigenvalue weighted by molar-refractivity contribution is -0.274. The molecule has 0 saturated carbocycles. The van der Waals surface area contributed by atoms with Crippen molar-refractivity contribution in [1.29, 1.82) is 0 Å². The number of nitrogens with one attached hydrogen (secondary N) is 1. The summed E-state index contributed by atoms with van der Waals surface area (Å²) in [5.74, 6) is -0.920. The number of carbonyl (C=O) groups is 2. The van der Waals surface area contributed by atoms with Crippen molar-refractivity contribution in [2.45, 2.75) is 25.4 Å². The van der Waals surface area contributed by atoms with E-state index in [1.165, 1.54) is 36.4 Å². The van der Waals surface area contributed by atoms with Crippen LogP contribution in [0.4, 0.5) is 18.0 Å². The van der Waals surface area contributed by atoms with Gasteiger partial charge in [0, 0.05) is 0 Å². The molecule has 1 fully saturated rings. The minimum Gasteiger partial charge on any atom is -0.406 e. The largest absolute Gasteiger partial charge is 0.573 e. The monoisotopic (exact) mass is 369 g/mol. The molecule has 2 aromatic rings. The van der Waals surface area contributed by atoms with Crippen LogP contribution < -0.4 is 10.1 Å². The number of urea groups is 1. The van der Waals surface area contributed by atoms with Crippen molar-refractivity contribution in [2.24, 2.45) is 0 Å². The van der Waals surface area contributed by atoms with E-state index in [4.69, 9.17) is 0 Å². The predicted molar refractivity (Wildman–Crippen MR) is 80.7 cm³/mol. The number of rotatable bonds is 5. The molecule has 26 heavy (non-hydrogen) atoms. The van der Waals surface area contributed by atoms with Crippen molar-refractivity contribution in [3.05, 3.63) is 42.5 Å². The summed E-state index contributed by atoms with van der Waals surface area (Å²) in [5, 5.41) is 6.46. The van der Waals surface area contributed by atoms with Gasteiger partial charge in [-0.1, -0.05) is 12.1 Å². The summed E-state index contributed by atoms with van der Waals surface area (Å²) in [6.07, 6.45) is -2.02. The molecule has 1 N–H and O–H groups in total. The lowest BCUT2D eigenvalue weighted by atomic mass is 9.92. The fraction of sp³-hybridized carbons (Fsp3) is 0.333. The molecule has 0 aliphatic carbocycles. The van der Waals surface area contributed by atoms with E-state index in [1.54, 1.807) is 0 Å². The van der Waals surface area contributed by atoms with Gasteiger partial charge in [0.25, 0.3) is 5.91 Å². The number of hydrogen-bond donors (Lipinski definition) is 1. The fourth-order valence-electron chi connectivity index (χ4n) is 2.64. The third kappa shape index (κ3) is 3.46. The molecule has 1 aromatic carbocycles. The minimum atomic E-state index is -4.80. The fourth-order valence-corrected chi connectivity index (χ4v) is 2.64. The Bertz CT molecular complexity index is 807. The summed E-state index contributed by atoms with van der Waals surface area (Å²) in [6.45, 7) is 1.84. The molecule has 3 amide bonds. The molecule has 0 radical (unpaired) electrons. The van der Waals surface area contributed by atoms with Gasteiger partial charge in [-0.15, -0.1) is 13.2 Å². The highest BCUT2D eigenvalue weighted by atomic mass is 19.4. The van der Waals surface area contributed by atoms with Crippen LogP contribution in [0, 0.1) is 0 Å². The van der Waals surface area contributed by atoms with Gasteiger partial charge in [0.15, 0.2) is 0 Å². The molecule has 1 atom stereocenters. The molecule has 8 nitrogen and oxygen atoms in total. The molecular formula is C15H14F3N5O3. The molecule has 138 valence electrons. The predicted octanol–water partition coefficient (Wildman–Crippen LogP) is 1.64. The van der Waals surface area contributed by atoms with Gasteiger partial charge in [-0.3, -0.25) is 14.4 Å². The van der Waals surface area contributed by atoms with Crippen LogP contribution in [0.5, 0.6) is 5.75 Å². The zero-order valence-corrected chi connectivity index (χ0v) is 13.5. The van der Waals surface area contributed by atoms with Gasteiger partial charge in [0.05, 0.1) is 13.1 Å². The highest BCUT2D eigenvalue weighted by Gasteiger charge is 2.48. The second-order valence-corrected chi connectivity index (χ2v) is 5.74. The van der Waals surface area contributed by atoms with Crippen LogP contribution in [0.3, 0.4) is 0 Å². The Morgan fingerprint density at radius 1 is 1.19 bits per heavy atom. The second-order valence-electron chi connectivity index (χ2n) is 5.74. The van der Waals surface area contributed by atoms with Crippen LogP contribution >= 0.6 is 0 Å². The van der Waals surface area contributed by atoms with Crippen molar-refractivity contribution in [2.75, 3.05) is 6.54 Å². The summed E-state index contributed by atoms with van der Waals surface area (Å²) in [4.78, 5) is 29.7. The summed E-state index contributed by atoms with van der Waals surface area (Å²) in [5.41, 5.74) is -1.04. The van der Waals surface area contributed by atoms with Crippen molar-refractivity contribution >= 4 is 11.9 Å². The van der Waals surface area contributed by atoms with Crippen molar-refractivity contribution < 1.29 is 27.5 Å². The normalized spacial score (nSPS) is 20.4. The lowest BCUT2D eigenvalue weighted by Crippen LogP contribution is -2.41. The summed E-state index contributed by atoms with van der Waals surface area (Å²) in [6, 6.07) is 4.20. The van der Waals surface area contributed by atoms with E-state index in [9.17, 15) is 22.8 Å². The number of carbonyl (C=O) groups excluding carboxylic acids is 2. The maximum absolute atomic E-state index is 12.7. The molecule has 0 bridgehead atoms. The topological polar surface area (TPSA) is 89.3 Å². The number of amides is 3. The van der Waals surface area contributed by atoms with E-state index in [0.29, 0.717) is 5.56 Å². The molecule has 0 spiro atoms. The van der Waals surface area contributed by atoms with E-state index < -0.39 is 29.6 Å². The van der Waals surface area contributed by atoms with Crippen LogP contribution in [0.25, 0.3) is 0 Å². The van der Waals surface area contributed by atoms with E-state index in [2.05, 4.69) is 20.1 Å². The van der Waals surface area contributed by atoms with Gasteiger partial charge in [-0.05, 0) is 24.6 Å². The average Bonchev–Trinajstić information content (AvgIpc) is 3.13. The molecule has 1 aliphatic rings. The molecule has 11 heteroatoms.